The molecule has 1 atom stereocenters. The summed E-state index contributed by atoms with van der Waals surface area (Å²) in [6, 6.07) is -0.0100. The van der Waals surface area contributed by atoms with E-state index in [-0.39, 0.29) is 12.1 Å². The Morgan fingerprint density at radius 1 is 1.33 bits per heavy atom. The van der Waals surface area contributed by atoms with Crippen molar-refractivity contribution in [1.29, 1.82) is 0 Å². The lowest BCUT2D eigenvalue weighted by Crippen LogP contribution is -2.43. The average molecular weight is 219 g/mol. The van der Waals surface area contributed by atoms with E-state index >= 15 is 0 Å². The van der Waals surface area contributed by atoms with Crippen LogP contribution in [-0.4, -0.2) is 57.6 Å². The predicted octanol–water partition coefficient (Wildman–Crippen LogP) is 1.13. The third-order valence-corrected chi connectivity index (χ3v) is 1.98. The van der Waals surface area contributed by atoms with Crippen LogP contribution >= 0.6 is 0 Å². The summed E-state index contributed by atoms with van der Waals surface area (Å²) in [4.78, 5) is 13.2. The van der Waals surface area contributed by atoms with Crippen molar-refractivity contribution in [2.45, 2.75) is 19.9 Å². The Balaban J connectivity index is 4.21. The lowest BCUT2D eigenvalue weighted by Gasteiger charge is -2.27. The number of methoxy groups -OCH3 is 2. The summed E-state index contributed by atoms with van der Waals surface area (Å²) in [5.74, 6) is 0. The van der Waals surface area contributed by atoms with Crippen LogP contribution in [-0.2, 0) is 14.2 Å². The van der Waals surface area contributed by atoms with Crippen LogP contribution < -0.4 is 0 Å². The van der Waals surface area contributed by atoms with Crippen molar-refractivity contribution in [3.05, 3.63) is 0 Å². The average Bonchev–Trinajstić information content (AvgIpc) is 2.19. The standard InChI is InChI=1S/C10H21NO4/c1-5-15-10(12)11(6-7-13-3)9(2)8-14-4/h9H,5-8H2,1-4H3. The molecule has 0 aromatic heterocycles. The van der Waals surface area contributed by atoms with Crippen LogP contribution in [0.3, 0.4) is 0 Å². The molecule has 0 aromatic rings. The minimum Gasteiger partial charge on any atom is -0.450 e. The highest BCUT2D eigenvalue weighted by atomic mass is 16.6. The number of hydrogen-bond donors (Lipinski definition) is 0. The highest BCUT2D eigenvalue weighted by Crippen LogP contribution is 2.02. The van der Waals surface area contributed by atoms with E-state index < -0.39 is 0 Å². The summed E-state index contributed by atoms with van der Waals surface area (Å²) in [6.45, 7) is 5.57. The van der Waals surface area contributed by atoms with Gasteiger partial charge in [-0.15, -0.1) is 0 Å². The molecule has 0 aliphatic rings. The maximum atomic E-state index is 11.6. The van der Waals surface area contributed by atoms with Crippen LogP contribution in [0.2, 0.25) is 0 Å². The molecule has 0 aliphatic carbocycles. The smallest absolute Gasteiger partial charge is 0.410 e. The molecule has 0 aromatic carbocycles. The zero-order valence-electron chi connectivity index (χ0n) is 9.99. The van der Waals surface area contributed by atoms with Crippen molar-refractivity contribution < 1.29 is 19.0 Å². The van der Waals surface area contributed by atoms with Gasteiger partial charge in [0.25, 0.3) is 0 Å². The van der Waals surface area contributed by atoms with E-state index in [0.29, 0.717) is 26.4 Å². The van der Waals surface area contributed by atoms with Crippen LogP contribution in [0.5, 0.6) is 0 Å². The third kappa shape index (κ3) is 5.59. The van der Waals surface area contributed by atoms with E-state index in [1.54, 1.807) is 26.0 Å². The van der Waals surface area contributed by atoms with Crippen LogP contribution in [0.15, 0.2) is 0 Å². The molecule has 1 amide bonds. The number of amides is 1. The molecule has 0 saturated heterocycles. The van der Waals surface area contributed by atoms with Gasteiger partial charge in [0.2, 0.25) is 0 Å². The molecule has 0 fully saturated rings. The molecular formula is C10H21NO4. The van der Waals surface area contributed by atoms with Gasteiger partial charge in [-0.25, -0.2) is 4.79 Å². The molecule has 90 valence electrons. The Kier molecular flexibility index (Phi) is 8.04. The molecule has 0 bridgehead atoms. The van der Waals surface area contributed by atoms with E-state index in [0.717, 1.165) is 0 Å². The summed E-state index contributed by atoms with van der Waals surface area (Å²) < 4.78 is 14.9. The van der Waals surface area contributed by atoms with E-state index in [4.69, 9.17) is 14.2 Å². The van der Waals surface area contributed by atoms with Gasteiger partial charge in [0.05, 0.1) is 25.9 Å². The minimum atomic E-state index is -0.320. The summed E-state index contributed by atoms with van der Waals surface area (Å²) >= 11 is 0. The van der Waals surface area contributed by atoms with Crippen molar-refractivity contribution in [2.75, 3.05) is 40.6 Å². The second-order valence-corrected chi connectivity index (χ2v) is 3.19. The Bertz CT molecular complexity index is 175. The maximum Gasteiger partial charge on any atom is 0.410 e. The van der Waals surface area contributed by atoms with Gasteiger partial charge in [0.1, 0.15) is 0 Å². The topological polar surface area (TPSA) is 48.0 Å². The van der Waals surface area contributed by atoms with Crippen LogP contribution in [0.4, 0.5) is 4.79 Å². The van der Waals surface area contributed by atoms with Gasteiger partial charge in [0.15, 0.2) is 0 Å². The van der Waals surface area contributed by atoms with Crippen molar-refractivity contribution in [3.8, 4) is 0 Å². The summed E-state index contributed by atoms with van der Waals surface area (Å²) in [6.07, 6.45) is -0.320. The molecule has 0 N–H and O–H groups in total. The Hall–Kier alpha value is -0.810. The predicted molar refractivity (Wildman–Crippen MR) is 56.9 cm³/mol. The SMILES string of the molecule is CCOC(=O)N(CCOC)C(C)COC. The highest BCUT2D eigenvalue weighted by Gasteiger charge is 2.20. The number of carbonyl (C=O) groups is 1. The quantitative estimate of drug-likeness (QED) is 0.644. The van der Waals surface area contributed by atoms with Crippen molar-refractivity contribution >= 4 is 6.09 Å². The van der Waals surface area contributed by atoms with Crippen LogP contribution in [0.25, 0.3) is 0 Å². The molecule has 5 heteroatoms. The van der Waals surface area contributed by atoms with Crippen LogP contribution in [0.1, 0.15) is 13.8 Å². The molecule has 15 heavy (non-hydrogen) atoms. The Morgan fingerprint density at radius 2 is 2.00 bits per heavy atom. The van der Waals surface area contributed by atoms with Crippen molar-refractivity contribution in [3.63, 3.8) is 0 Å². The number of rotatable bonds is 7. The second-order valence-electron chi connectivity index (χ2n) is 3.19. The number of nitrogens with zero attached hydrogens (tertiary/aromatic N) is 1. The first-order valence-electron chi connectivity index (χ1n) is 5.08. The normalized spacial score (nSPS) is 12.3. The Labute approximate surface area is 91.3 Å². The number of hydrogen-bond acceptors (Lipinski definition) is 4. The first-order chi connectivity index (χ1) is 7.17. The fourth-order valence-electron chi connectivity index (χ4n) is 1.22. The molecular weight excluding hydrogens is 198 g/mol. The van der Waals surface area contributed by atoms with Gasteiger partial charge < -0.3 is 19.1 Å². The number of ether oxygens (including phenoxy) is 3. The first kappa shape index (κ1) is 14.2. The molecule has 0 heterocycles. The van der Waals surface area contributed by atoms with Crippen molar-refractivity contribution in [1.82, 2.24) is 4.90 Å². The third-order valence-electron chi connectivity index (χ3n) is 1.98. The van der Waals surface area contributed by atoms with E-state index in [9.17, 15) is 4.79 Å². The molecule has 1 unspecified atom stereocenters. The van der Waals surface area contributed by atoms with E-state index in [1.807, 2.05) is 6.92 Å². The van der Waals surface area contributed by atoms with Crippen LogP contribution in [0, 0.1) is 0 Å². The minimum absolute atomic E-state index is 0.0100. The monoisotopic (exact) mass is 219 g/mol. The van der Waals surface area contributed by atoms with Gasteiger partial charge >= 0.3 is 6.09 Å². The van der Waals surface area contributed by atoms with E-state index in [2.05, 4.69) is 0 Å². The summed E-state index contributed by atoms with van der Waals surface area (Å²) in [5.41, 5.74) is 0. The van der Waals surface area contributed by atoms with Gasteiger partial charge in [-0.05, 0) is 13.8 Å². The first-order valence-corrected chi connectivity index (χ1v) is 5.08. The lowest BCUT2D eigenvalue weighted by atomic mass is 10.3. The zero-order chi connectivity index (χ0) is 11.7. The van der Waals surface area contributed by atoms with Gasteiger partial charge in [-0.3, -0.25) is 0 Å². The fourth-order valence-corrected chi connectivity index (χ4v) is 1.22. The van der Waals surface area contributed by atoms with E-state index in [1.165, 1.54) is 0 Å². The van der Waals surface area contributed by atoms with Gasteiger partial charge in [-0.2, -0.15) is 0 Å². The molecule has 0 radical (unpaired) electrons. The molecule has 0 saturated carbocycles. The zero-order valence-corrected chi connectivity index (χ0v) is 9.99. The van der Waals surface area contributed by atoms with Gasteiger partial charge in [-0.1, -0.05) is 0 Å². The molecule has 0 spiro atoms. The maximum absolute atomic E-state index is 11.6. The molecule has 5 nitrogen and oxygen atoms in total. The molecule has 0 rings (SSSR count). The molecule has 0 aliphatic heterocycles. The largest absolute Gasteiger partial charge is 0.450 e. The van der Waals surface area contributed by atoms with Gasteiger partial charge in [0, 0.05) is 20.8 Å². The second kappa shape index (κ2) is 8.49. The summed E-state index contributed by atoms with van der Waals surface area (Å²) in [7, 11) is 3.21. The fraction of sp³-hybridized carbons (Fsp3) is 0.900. The summed E-state index contributed by atoms with van der Waals surface area (Å²) in [5, 5.41) is 0. The van der Waals surface area contributed by atoms with Crippen molar-refractivity contribution in [2.24, 2.45) is 0 Å². The Morgan fingerprint density at radius 3 is 2.47 bits per heavy atom. The highest BCUT2D eigenvalue weighted by molar-refractivity contribution is 5.67. The lowest BCUT2D eigenvalue weighted by molar-refractivity contribution is 0.0522. The number of carbonyl (C=O) groups excluding carboxylic acids is 1.